The van der Waals surface area contributed by atoms with Crippen LogP contribution in [0.4, 0.5) is 4.79 Å². The fourth-order valence-electron chi connectivity index (χ4n) is 6.04. The number of amides is 2. The van der Waals surface area contributed by atoms with Crippen LogP contribution in [0.15, 0.2) is 48.5 Å². The number of aryl methyl sites for hydroxylation is 1. The summed E-state index contributed by atoms with van der Waals surface area (Å²) in [6, 6.07) is 15.6. The first-order valence-corrected chi connectivity index (χ1v) is 15.7. The van der Waals surface area contributed by atoms with Gasteiger partial charge < -0.3 is 28.8 Å². The molecule has 236 valence electrons. The summed E-state index contributed by atoms with van der Waals surface area (Å²) in [5.41, 5.74) is 2.93. The summed E-state index contributed by atoms with van der Waals surface area (Å²) in [7, 11) is 1.70. The van der Waals surface area contributed by atoms with Crippen LogP contribution in [-0.2, 0) is 16.0 Å². The van der Waals surface area contributed by atoms with Crippen molar-refractivity contribution in [1.29, 1.82) is 0 Å². The third-order valence-electron chi connectivity index (χ3n) is 7.96. The number of piperidine rings is 1. The molecule has 1 aliphatic rings. The zero-order valence-corrected chi connectivity index (χ0v) is 26.9. The number of benzene rings is 2. The van der Waals surface area contributed by atoms with Gasteiger partial charge in [-0.15, -0.1) is 0 Å². The van der Waals surface area contributed by atoms with Gasteiger partial charge in [-0.2, -0.15) is 0 Å². The smallest absolute Gasteiger partial charge is 0.410 e. The Labute approximate surface area is 259 Å². The first-order chi connectivity index (χ1) is 21.0. The van der Waals surface area contributed by atoms with Crippen molar-refractivity contribution < 1.29 is 19.1 Å². The van der Waals surface area contributed by atoms with Gasteiger partial charge in [0.05, 0.1) is 28.1 Å². The lowest BCUT2D eigenvalue weighted by Crippen LogP contribution is -2.55. The van der Waals surface area contributed by atoms with Crippen molar-refractivity contribution in [3.8, 4) is 0 Å². The van der Waals surface area contributed by atoms with Gasteiger partial charge in [0.25, 0.3) is 5.91 Å². The number of para-hydroxylation sites is 4. The second-order valence-electron chi connectivity index (χ2n) is 13.2. The third-order valence-corrected chi connectivity index (χ3v) is 7.96. The molecule has 0 aliphatic carbocycles. The number of hydrogen-bond acceptors (Lipinski definition) is 6. The molecule has 1 aliphatic heterocycles. The molecule has 1 fully saturated rings. The van der Waals surface area contributed by atoms with Crippen molar-refractivity contribution >= 4 is 34.1 Å². The van der Waals surface area contributed by atoms with Gasteiger partial charge >= 0.3 is 6.09 Å². The topological polar surface area (TPSA) is 106 Å². The van der Waals surface area contributed by atoms with Crippen LogP contribution in [0.2, 0.25) is 0 Å². The summed E-state index contributed by atoms with van der Waals surface area (Å²) in [5.74, 6) is 1.22. The van der Waals surface area contributed by atoms with Crippen molar-refractivity contribution in [2.75, 3.05) is 33.4 Å². The Morgan fingerprint density at radius 3 is 2.45 bits per heavy atom. The number of hydrogen-bond donors (Lipinski definition) is 1. The van der Waals surface area contributed by atoms with Gasteiger partial charge in [0.1, 0.15) is 11.4 Å². The van der Waals surface area contributed by atoms with Crippen molar-refractivity contribution in [1.82, 2.24) is 29.3 Å². The number of aromatic nitrogens is 4. The van der Waals surface area contributed by atoms with Crippen molar-refractivity contribution in [3.63, 3.8) is 0 Å². The molecule has 0 bridgehead atoms. The predicted molar refractivity (Wildman–Crippen MR) is 172 cm³/mol. The minimum atomic E-state index is -0.639. The fraction of sp³-hybridized carbons (Fsp3) is 0.529. The monoisotopic (exact) mass is 602 g/mol. The van der Waals surface area contributed by atoms with Crippen LogP contribution in [0, 0.1) is 5.92 Å². The SMILES string of the molecule is COCCCCn1c(C(=O)N(CC(C)C)[C@H]2C[C@@H](c3nc4ccccc4[nH]3)CN(C(=O)OC(C)(C)C)C2)nc2ccccc21. The second-order valence-corrected chi connectivity index (χ2v) is 13.2. The maximum Gasteiger partial charge on any atom is 0.410 e. The summed E-state index contributed by atoms with van der Waals surface area (Å²) in [6.45, 7) is 12.5. The quantitative estimate of drug-likeness (QED) is 0.216. The lowest BCUT2D eigenvalue weighted by molar-refractivity contribution is 0.00586. The number of rotatable bonds is 10. The number of carbonyl (C=O) groups excluding carboxylic acids is 2. The number of fused-ring (bicyclic) bond motifs is 2. The maximum absolute atomic E-state index is 14.6. The number of nitrogens with zero attached hydrogens (tertiary/aromatic N) is 5. The Kier molecular flexibility index (Phi) is 9.58. The van der Waals surface area contributed by atoms with Gasteiger partial charge in [0.15, 0.2) is 5.82 Å². The highest BCUT2D eigenvalue weighted by atomic mass is 16.6. The molecule has 2 amide bonds. The summed E-state index contributed by atoms with van der Waals surface area (Å²) in [6.07, 6.45) is 2.03. The Morgan fingerprint density at radius 1 is 1.02 bits per heavy atom. The Bertz CT molecular complexity index is 1550. The molecule has 0 saturated carbocycles. The van der Waals surface area contributed by atoms with E-state index in [1.807, 2.05) is 78.8 Å². The first-order valence-electron chi connectivity index (χ1n) is 15.7. The van der Waals surface area contributed by atoms with Crippen LogP contribution in [0.5, 0.6) is 0 Å². The predicted octanol–water partition coefficient (Wildman–Crippen LogP) is 6.23. The minimum absolute atomic E-state index is 0.107. The van der Waals surface area contributed by atoms with Gasteiger partial charge in [0.2, 0.25) is 0 Å². The molecule has 10 heteroatoms. The van der Waals surface area contributed by atoms with E-state index in [2.05, 4.69) is 18.8 Å². The number of aromatic amines is 1. The summed E-state index contributed by atoms with van der Waals surface area (Å²) in [5, 5.41) is 0. The molecule has 44 heavy (non-hydrogen) atoms. The number of ether oxygens (including phenoxy) is 2. The zero-order chi connectivity index (χ0) is 31.4. The molecule has 0 spiro atoms. The maximum atomic E-state index is 14.6. The first kappa shape index (κ1) is 31.5. The molecule has 2 aromatic heterocycles. The number of H-pyrrole nitrogens is 1. The van der Waals surface area contributed by atoms with Gasteiger partial charge in [-0.05, 0) is 70.2 Å². The van der Waals surface area contributed by atoms with E-state index in [9.17, 15) is 9.59 Å². The van der Waals surface area contributed by atoms with Gasteiger partial charge in [-0.25, -0.2) is 14.8 Å². The van der Waals surface area contributed by atoms with E-state index in [1.165, 1.54) is 0 Å². The average molecular weight is 603 g/mol. The standard InChI is InChI=1S/C34H46N6O4/c1-23(2)20-40(32(41)31-37-28-15-9-10-16-29(28)39(31)17-11-12-18-43-6)25-19-24(21-38(22-25)33(42)44-34(3,4)5)30-35-26-13-7-8-14-27(26)36-30/h7-10,13-16,23-25H,11-12,17-22H2,1-6H3,(H,35,36)/t24-,25+/m1/s1. The van der Waals surface area contributed by atoms with E-state index in [0.717, 1.165) is 40.7 Å². The number of likely N-dealkylation sites (tertiary alicyclic amines) is 1. The molecule has 4 aromatic rings. The van der Waals surface area contributed by atoms with E-state index in [4.69, 9.17) is 19.4 Å². The molecule has 5 rings (SSSR count). The van der Waals surface area contributed by atoms with E-state index in [-0.39, 0.29) is 29.9 Å². The van der Waals surface area contributed by atoms with Crippen molar-refractivity contribution in [2.45, 2.75) is 78.0 Å². The van der Waals surface area contributed by atoms with Gasteiger partial charge in [-0.3, -0.25) is 4.79 Å². The Hall–Kier alpha value is -3.92. The second kappa shape index (κ2) is 13.4. The largest absolute Gasteiger partial charge is 0.444 e. The highest BCUT2D eigenvalue weighted by Crippen LogP contribution is 2.32. The number of unbranched alkanes of at least 4 members (excludes halogenated alkanes) is 1. The Morgan fingerprint density at radius 2 is 1.75 bits per heavy atom. The summed E-state index contributed by atoms with van der Waals surface area (Å²) < 4.78 is 13.1. The van der Waals surface area contributed by atoms with Crippen molar-refractivity contribution in [3.05, 3.63) is 60.2 Å². The number of carbonyl (C=O) groups is 2. The van der Waals surface area contributed by atoms with Crippen LogP contribution >= 0.6 is 0 Å². The highest BCUT2D eigenvalue weighted by Gasteiger charge is 2.39. The molecule has 10 nitrogen and oxygen atoms in total. The number of methoxy groups -OCH3 is 1. The molecule has 2 aromatic carbocycles. The van der Waals surface area contributed by atoms with E-state index in [1.54, 1.807) is 12.0 Å². The molecule has 0 radical (unpaired) electrons. The average Bonchev–Trinajstić information content (AvgIpc) is 3.58. The molecule has 2 atom stereocenters. The third kappa shape index (κ3) is 7.23. The molecule has 0 unspecified atom stereocenters. The molecule has 3 heterocycles. The summed E-state index contributed by atoms with van der Waals surface area (Å²) in [4.78, 5) is 45.0. The van der Waals surface area contributed by atoms with Gasteiger partial charge in [0, 0.05) is 45.8 Å². The van der Waals surface area contributed by atoms with E-state index >= 15 is 0 Å². The fourth-order valence-corrected chi connectivity index (χ4v) is 6.04. The molecular weight excluding hydrogens is 556 g/mol. The van der Waals surface area contributed by atoms with Crippen LogP contribution < -0.4 is 0 Å². The van der Waals surface area contributed by atoms with Gasteiger partial charge in [-0.1, -0.05) is 38.1 Å². The highest BCUT2D eigenvalue weighted by molar-refractivity contribution is 5.95. The lowest BCUT2D eigenvalue weighted by atomic mass is 9.92. The molecule has 1 saturated heterocycles. The minimum Gasteiger partial charge on any atom is -0.444 e. The van der Waals surface area contributed by atoms with Crippen LogP contribution in [0.1, 0.15) is 76.2 Å². The van der Waals surface area contributed by atoms with E-state index < -0.39 is 5.60 Å². The lowest BCUT2D eigenvalue weighted by Gasteiger charge is -2.43. The molecular formula is C34H46N6O4. The Balaban J connectivity index is 1.51. The summed E-state index contributed by atoms with van der Waals surface area (Å²) >= 11 is 0. The van der Waals surface area contributed by atoms with E-state index in [0.29, 0.717) is 45.0 Å². The zero-order valence-electron chi connectivity index (χ0n) is 26.9. The number of nitrogens with one attached hydrogen (secondary N) is 1. The number of imidazole rings is 2. The van der Waals surface area contributed by atoms with Crippen molar-refractivity contribution in [2.24, 2.45) is 5.92 Å². The van der Waals surface area contributed by atoms with Crippen LogP contribution in [-0.4, -0.2) is 86.3 Å². The normalized spacial score (nSPS) is 17.5. The van der Waals surface area contributed by atoms with Crippen LogP contribution in [0.25, 0.3) is 22.1 Å². The molecule has 1 N–H and O–H groups in total. The van der Waals surface area contributed by atoms with Crippen LogP contribution in [0.3, 0.4) is 0 Å².